The van der Waals surface area contributed by atoms with Crippen LogP contribution in [0, 0.1) is 30.6 Å². The number of amides is 1. The van der Waals surface area contributed by atoms with E-state index in [0.717, 1.165) is 66.6 Å². The second-order valence-electron chi connectivity index (χ2n) is 13.0. The fraction of sp³-hybridized carbons (Fsp3) is 0.514. The van der Waals surface area contributed by atoms with Gasteiger partial charge in [0, 0.05) is 42.5 Å². The average Bonchev–Trinajstić information content (AvgIpc) is 3.69. The van der Waals surface area contributed by atoms with Crippen molar-refractivity contribution in [3.63, 3.8) is 0 Å². The fourth-order valence-electron chi connectivity index (χ4n) is 6.88. The molecule has 0 radical (unpaired) electrons. The minimum absolute atomic E-state index is 0.0498. The average molecular weight is 586 g/mol. The number of aryl methyl sites for hydroxylation is 1. The van der Waals surface area contributed by atoms with Crippen LogP contribution in [-0.2, 0) is 11.8 Å². The summed E-state index contributed by atoms with van der Waals surface area (Å²) in [6.45, 7) is 6.79. The van der Waals surface area contributed by atoms with E-state index in [1.807, 2.05) is 29.3 Å². The SMILES string of the molecule is C=C(/C=C\c1c(C)c(F)nn1C)C1CCC(CN(C(=O)C2CCC(O)CC2)c2cccc(-c3cnn(C4CC4)c3)c2)CC1. The highest BCUT2D eigenvalue weighted by Crippen LogP contribution is 2.38. The van der Waals surface area contributed by atoms with E-state index in [1.54, 1.807) is 18.7 Å². The van der Waals surface area contributed by atoms with Gasteiger partial charge in [0.05, 0.1) is 24.0 Å². The number of benzene rings is 1. The molecule has 2 aromatic heterocycles. The van der Waals surface area contributed by atoms with Gasteiger partial charge in [0.2, 0.25) is 11.9 Å². The summed E-state index contributed by atoms with van der Waals surface area (Å²) in [5, 5.41) is 18.5. The van der Waals surface area contributed by atoms with Gasteiger partial charge in [-0.1, -0.05) is 30.4 Å². The van der Waals surface area contributed by atoms with E-state index in [4.69, 9.17) is 0 Å². The Bertz CT molecular complexity index is 1490. The van der Waals surface area contributed by atoms with Crippen LogP contribution in [0.4, 0.5) is 10.1 Å². The highest BCUT2D eigenvalue weighted by molar-refractivity contribution is 5.95. The first-order chi connectivity index (χ1) is 20.8. The Kier molecular flexibility index (Phi) is 8.66. The van der Waals surface area contributed by atoms with Gasteiger partial charge in [0.15, 0.2) is 0 Å². The summed E-state index contributed by atoms with van der Waals surface area (Å²) in [7, 11) is 1.75. The summed E-state index contributed by atoms with van der Waals surface area (Å²) in [4.78, 5) is 16.1. The van der Waals surface area contributed by atoms with Crippen molar-refractivity contribution < 1.29 is 14.3 Å². The van der Waals surface area contributed by atoms with Crippen LogP contribution in [0.15, 0.2) is 54.9 Å². The van der Waals surface area contributed by atoms with Crippen molar-refractivity contribution in [1.82, 2.24) is 19.6 Å². The zero-order valence-electron chi connectivity index (χ0n) is 25.5. The number of rotatable bonds is 9. The molecule has 0 aliphatic heterocycles. The number of aliphatic hydroxyl groups excluding tert-OH is 1. The molecule has 3 aromatic rings. The van der Waals surface area contributed by atoms with Crippen molar-refractivity contribution in [3.05, 3.63) is 72.1 Å². The van der Waals surface area contributed by atoms with E-state index >= 15 is 0 Å². The quantitative estimate of drug-likeness (QED) is 0.274. The molecular weight excluding hydrogens is 541 g/mol. The molecule has 2 heterocycles. The predicted molar refractivity (Wildman–Crippen MR) is 168 cm³/mol. The van der Waals surface area contributed by atoms with Gasteiger partial charge >= 0.3 is 0 Å². The third-order valence-electron chi connectivity index (χ3n) is 9.87. The molecular formula is C35H44FN5O2. The Morgan fingerprint density at radius 2 is 1.79 bits per heavy atom. The molecule has 0 saturated heterocycles. The molecule has 1 N–H and O–H groups in total. The summed E-state index contributed by atoms with van der Waals surface area (Å²) in [6.07, 6.45) is 17.0. The number of allylic oxidation sites excluding steroid dienone is 2. The third-order valence-corrected chi connectivity index (χ3v) is 9.87. The lowest BCUT2D eigenvalue weighted by Gasteiger charge is -2.36. The molecule has 6 rings (SSSR count). The van der Waals surface area contributed by atoms with E-state index in [1.165, 1.54) is 12.8 Å². The minimum Gasteiger partial charge on any atom is -0.393 e. The maximum Gasteiger partial charge on any atom is 0.236 e. The summed E-state index contributed by atoms with van der Waals surface area (Å²) < 4.78 is 17.5. The molecule has 3 fully saturated rings. The highest BCUT2D eigenvalue weighted by Gasteiger charge is 2.32. The number of halogens is 1. The van der Waals surface area contributed by atoms with E-state index in [-0.39, 0.29) is 17.9 Å². The van der Waals surface area contributed by atoms with Crippen molar-refractivity contribution in [1.29, 1.82) is 0 Å². The number of hydrogen-bond donors (Lipinski definition) is 1. The number of aliphatic hydroxyl groups is 1. The standard InChI is InChI=1S/C35H44FN5O2/c1-23(7-18-33-24(2)34(36)38-39(33)3)26-10-8-25(9-11-26)21-40(35(43)27-12-16-32(42)17-13-27)31-6-4-5-28(19-31)29-20-37-41(22-29)30-14-15-30/h4-7,18-20,22,25-27,30,32,42H,1,8-17,21H2,2-3H3/b18-7-. The molecule has 3 aliphatic carbocycles. The number of nitrogens with zero attached hydrogens (tertiary/aromatic N) is 5. The highest BCUT2D eigenvalue weighted by atomic mass is 19.1. The molecule has 8 heteroatoms. The van der Waals surface area contributed by atoms with Crippen molar-refractivity contribution in [3.8, 4) is 11.1 Å². The van der Waals surface area contributed by atoms with Crippen LogP contribution in [0.3, 0.4) is 0 Å². The van der Waals surface area contributed by atoms with E-state index in [9.17, 15) is 14.3 Å². The fourth-order valence-corrected chi connectivity index (χ4v) is 6.88. The lowest BCUT2D eigenvalue weighted by Crippen LogP contribution is -2.42. The van der Waals surface area contributed by atoms with Gasteiger partial charge in [0.1, 0.15) is 0 Å². The lowest BCUT2D eigenvalue weighted by molar-refractivity contribution is -0.124. The van der Waals surface area contributed by atoms with E-state index < -0.39 is 5.95 Å². The molecule has 3 saturated carbocycles. The van der Waals surface area contributed by atoms with Crippen LogP contribution in [-0.4, -0.2) is 43.2 Å². The first-order valence-corrected chi connectivity index (χ1v) is 16.0. The molecule has 228 valence electrons. The Labute approximate surface area is 254 Å². The van der Waals surface area contributed by atoms with Crippen LogP contribution in [0.5, 0.6) is 0 Å². The molecule has 0 unspecified atom stereocenters. The zero-order valence-corrected chi connectivity index (χ0v) is 25.5. The lowest BCUT2D eigenvalue weighted by atomic mass is 9.78. The van der Waals surface area contributed by atoms with Gasteiger partial charge in [-0.3, -0.25) is 14.2 Å². The monoisotopic (exact) mass is 585 g/mol. The molecule has 0 spiro atoms. The number of aromatic nitrogens is 4. The van der Waals surface area contributed by atoms with Gasteiger partial charge < -0.3 is 10.0 Å². The molecule has 43 heavy (non-hydrogen) atoms. The van der Waals surface area contributed by atoms with Gasteiger partial charge in [-0.15, -0.1) is 5.10 Å². The zero-order chi connectivity index (χ0) is 30.1. The van der Waals surface area contributed by atoms with Crippen molar-refractivity contribution >= 4 is 17.7 Å². The molecule has 7 nitrogen and oxygen atoms in total. The van der Waals surface area contributed by atoms with Crippen molar-refractivity contribution in [2.45, 2.75) is 83.3 Å². The normalized spacial score (nSPS) is 24.4. The topological polar surface area (TPSA) is 76.2 Å². The second-order valence-corrected chi connectivity index (χ2v) is 13.0. The number of carbonyl (C=O) groups is 1. The largest absolute Gasteiger partial charge is 0.393 e. The Morgan fingerprint density at radius 3 is 2.47 bits per heavy atom. The van der Waals surface area contributed by atoms with Crippen LogP contribution in [0.25, 0.3) is 17.2 Å². The summed E-state index contributed by atoms with van der Waals surface area (Å²) in [5.74, 6) is 0.481. The maximum atomic E-state index is 14.0. The first-order valence-electron chi connectivity index (χ1n) is 16.0. The van der Waals surface area contributed by atoms with Crippen molar-refractivity contribution in [2.24, 2.45) is 24.8 Å². The van der Waals surface area contributed by atoms with Gasteiger partial charge in [-0.05, 0) is 107 Å². The summed E-state index contributed by atoms with van der Waals surface area (Å²) >= 11 is 0. The molecule has 1 amide bonds. The minimum atomic E-state index is -0.435. The van der Waals surface area contributed by atoms with Crippen molar-refractivity contribution in [2.75, 3.05) is 11.4 Å². The van der Waals surface area contributed by atoms with Gasteiger partial charge in [-0.2, -0.15) is 9.49 Å². The molecule has 0 atom stereocenters. The van der Waals surface area contributed by atoms with Gasteiger partial charge in [-0.25, -0.2) is 0 Å². The number of hydrogen-bond acceptors (Lipinski definition) is 4. The van der Waals surface area contributed by atoms with Crippen LogP contribution in [0.1, 0.15) is 81.5 Å². The molecule has 3 aliphatic rings. The summed E-state index contributed by atoms with van der Waals surface area (Å²) in [5.41, 5.74) is 5.48. The Balaban J connectivity index is 1.15. The molecule has 1 aromatic carbocycles. The second kappa shape index (κ2) is 12.6. The summed E-state index contributed by atoms with van der Waals surface area (Å²) in [6, 6.07) is 8.88. The van der Waals surface area contributed by atoms with E-state index in [2.05, 4.69) is 45.9 Å². The maximum absolute atomic E-state index is 14.0. The smallest absolute Gasteiger partial charge is 0.236 e. The van der Waals surface area contributed by atoms with Crippen LogP contribution < -0.4 is 4.90 Å². The first kappa shape index (κ1) is 29.5. The molecule has 0 bridgehead atoms. The predicted octanol–water partition coefficient (Wildman–Crippen LogP) is 7.03. The van der Waals surface area contributed by atoms with Crippen LogP contribution >= 0.6 is 0 Å². The number of anilines is 1. The Hall–Kier alpha value is -3.52. The van der Waals surface area contributed by atoms with Gasteiger partial charge in [0.25, 0.3) is 0 Å². The van der Waals surface area contributed by atoms with E-state index in [0.29, 0.717) is 42.8 Å². The third kappa shape index (κ3) is 6.69. The van der Waals surface area contributed by atoms with Crippen LogP contribution in [0.2, 0.25) is 0 Å². The Morgan fingerprint density at radius 1 is 1.07 bits per heavy atom. The number of carbonyl (C=O) groups excluding carboxylic acids is 1.